The number of nitrogens with zero attached hydrogens (tertiary/aromatic N) is 4. The van der Waals surface area contributed by atoms with Gasteiger partial charge in [-0.25, -0.2) is 9.48 Å². The monoisotopic (exact) mass is 898 g/mol. The van der Waals surface area contributed by atoms with Gasteiger partial charge in [0.15, 0.2) is 8.32 Å². The van der Waals surface area contributed by atoms with Crippen molar-refractivity contribution >= 4 is 58.9 Å². The third-order valence-corrected chi connectivity index (χ3v) is 19.7. The van der Waals surface area contributed by atoms with Crippen LogP contribution in [0.1, 0.15) is 91.0 Å². The molecule has 1 atom stereocenters. The number of phenols is 1. The Bertz CT molecular complexity index is 2530. The molecule has 0 saturated heterocycles. The number of carbonyl (C=O) groups excluding carboxylic acids is 1. The number of thiophene rings is 2. The zero-order valence-corrected chi connectivity index (χ0v) is 39.0. The summed E-state index contributed by atoms with van der Waals surface area (Å²) in [4.78, 5) is 32.1. The van der Waals surface area contributed by atoms with E-state index in [9.17, 15) is 19.8 Å². The third-order valence-electron chi connectivity index (χ3n) is 13.2. The standard InChI is InChI=1S/C46H58N6O7S2Si/c1-45(2,3)62(5,6)59-38(32-16-18-37(53)42-33(32)17-19-41(54)48-42)26-47-25-29-24-36-43(35-28-57-27-34(29)35)52(50-49-36)21-9-20-51(4)30-12-14-31(15-13-30)58-44(55)46(56,39-10-7-22-60-39)40-11-8-23-61-40/h7-8,10-11,16-19,22-24,30-31,38,47,53,56H,9,12-15,20-21,25-28H2,1-6H3,(H,48,54). The van der Waals surface area contributed by atoms with Gasteiger partial charge in [0.25, 0.3) is 0 Å². The van der Waals surface area contributed by atoms with E-state index in [0.717, 1.165) is 78.3 Å². The SMILES string of the molecule is CN(CCCn1nnc2cc(CNCC(O[Si](C)(C)C(C)(C)C)c3ccc(O)c4[nH]c(=O)ccc34)c3c(c21)COC3)C1CCC(OC(=O)C(O)(c2cccs2)c2cccs2)CC1. The number of H-pyrrole nitrogens is 1. The number of aromatic hydroxyl groups is 1. The van der Waals surface area contributed by atoms with Gasteiger partial charge in [0, 0.05) is 42.7 Å². The number of hydrogen-bond acceptors (Lipinski definition) is 13. The van der Waals surface area contributed by atoms with Crippen LogP contribution >= 0.6 is 22.7 Å². The molecule has 0 bridgehead atoms. The van der Waals surface area contributed by atoms with E-state index in [1.165, 1.54) is 34.3 Å². The predicted octanol–water partition coefficient (Wildman–Crippen LogP) is 8.10. The fourth-order valence-electron chi connectivity index (χ4n) is 8.64. The largest absolute Gasteiger partial charge is 0.506 e. The Labute approximate surface area is 371 Å². The molecule has 8 rings (SSSR count). The maximum absolute atomic E-state index is 13.5. The number of phenolic OH excluding ortho intramolecular Hbond substituents is 1. The number of aryl methyl sites for hydroxylation is 1. The number of esters is 1. The molecule has 4 aromatic heterocycles. The molecule has 1 unspecified atom stereocenters. The summed E-state index contributed by atoms with van der Waals surface area (Å²) in [5.41, 5.74) is 4.56. The van der Waals surface area contributed by atoms with Crippen LogP contribution in [0.15, 0.2) is 70.2 Å². The summed E-state index contributed by atoms with van der Waals surface area (Å²) in [5.74, 6) is -0.570. The average molecular weight is 899 g/mol. The van der Waals surface area contributed by atoms with Crippen LogP contribution in [0, 0.1) is 0 Å². The number of aromatic nitrogens is 4. The van der Waals surface area contributed by atoms with Gasteiger partial charge in [-0.15, -0.1) is 27.8 Å². The first kappa shape index (κ1) is 44.3. The highest BCUT2D eigenvalue weighted by Crippen LogP contribution is 2.42. The van der Waals surface area contributed by atoms with Crippen molar-refractivity contribution in [3.05, 3.63) is 108 Å². The highest BCUT2D eigenvalue weighted by atomic mass is 32.1. The van der Waals surface area contributed by atoms with E-state index in [2.05, 4.69) is 72.5 Å². The van der Waals surface area contributed by atoms with E-state index in [0.29, 0.717) is 47.6 Å². The summed E-state index contributed by atoms with van der Waals surface area (Å²) in [7, 11) is -0.0756. The lowest BCUT2D eigenvalue weighted by Crippen LogP contribution is -2.43. The number of nitrogens with one attached hydrogen (secondary N) is 2. The molecule has 2 aromatic carbocycles. The lowest BCUT2D eigenvalue weighted by atomic mass is 9.91. The molecule has 330 valence electrons. The third kappa shape index (κ3) is 8.93. The minimum absolute atomic E-state index is 0.0275. The number of fused-ring (bicyclic) bond motifs is 4. The predicted molar refractivity (Wildman–Crippen MR) is 246 cm³/mol. The van der Waals surface area contributed by atoms with Gasteiger partial charge in [-0.2, -0.15) is 0 Å². The highest BCUT2D eigenvalue weighted by Gasteiger charge is 2.45. The van der Waals surface area contributed by atoms with Crippen LogP contribution in [0.4, 0.5) is 0 Å². The number of carbonyl (C=O) groups is 1. The summed E-state index contributed by atoms with van der Waals surface area (Å²) in [5, 5.41) is 39.7. The molecule has 16 heteroatoms. The van der Waals surface area contributed by atoms with Crippen molar-refractivity contribution in [3.8, 4) is 5.75 Å². The van der Waals surface area contributed by atoms with E-state index in [1.807, 2.05) is 33.6 Å². The van der Waals surface area contributed by atoms with Gasteiger partial charge in [0.05, 0.1) is 40.1 Å². The minimum atomic E-state index is -2.24. The zero-order valence-electron chi connectivity index (χ0n) is 36.4. The van der Waals surface area contributed by atoms with Crippen molar-refractivity contribution < 1.29 is 28.9 Å². The van der Waals surface area contributed by atoms with Crippen molar-refractivity contribution in [2.24, 2.45) is 0 Å². The van der Waals surface area contributed by atoms with Gasteiger partial charge in [-0.1, -0.05) is 44.2 Å². The molecule has 1 saturated carbocycles. The molecular weight excluding hydrogens is 841 g/mol. The first-order valence-electron chi connectivity index (χ1n) is 21.5. The van der Waals surface area contributed by atoms with E-state index < -0.39 is 19.9 Å². The molecule has 62 heavy (non-hydrogen) atoms. The Hall–Kier alpha value is -4.26. The second kappa shape index (κ2) is 18.1. The molecule has 4 N–H and O–H groups in total. The van der Waals surface area contributed by atoms with Crippen molar-refractivity contribution in [1.29, 1.82) is 0 Å². The summed E-state index contributed by atoms with van der Waals surface area (Å²) < 4.78 is 21.1. The van der Waals surface area contributed by atoms with E-state index in [4.69, 9.17) is 13.9 Å². The molecule has 1 aliphatic heterocycles. The molecule has 0 radical (unpaired) electrons. The lowest BCUT2D eigenvalue weighted by Gasteiger charge is -2.39. The minimum Gasteiger partial charge on any atom is -0.506 e. The van der Waals surface area contributed by atoms with Crippen LogP contribution in [0.2, 0.25) is 18.1 Å². The van der Waals surface area contributed by atoms with Crippen LogP contribution < -0.4 is 10.9 Å². The molecule has 13 nitrogen and oxygen atoms in total. The number of rotatable bonds is 16. The molecule has 5 heterocycles. The Morgan fingerprint density at radius 3 is 2.44 bits per heavy atom. The first-order valence-corrected chi connectivity index (χ1v) is 26.2. The van der Waals surface area contributed by atoms with Gasteiger partial charge in [-0.3, -0.25) is 4.79 Å². The van der Waals surface area contributed by atoms with Gasteiger partial charge < -0.3 is 39.3 Å². The normalized spacial score (nSPS) is 17.9. The van der Waals surface area contributed by atoms with Gasteiger partial charge in [0.2, 0.25) is 11.2 Å². The maximum atomic E-state index is 13.5. The smallest absolute Gasteiger partial charge is 0.349 e. The number of benzene rings is 2. The van der Waals surface area contributed by atoms with E-state index in [-0.39, 0.29) is 28.6 Å². The fourth-order valence-corrected chi connectivity index (χ4v) is 11.6. The average Bonchev–Trinajstić information content (AvgIpc) is 4.09. The highest BCUT2D eigenvalue weighted by molar-refractivity contribution is 7.12. The Morgan fingerprint density at radius 2 is 1.76 bits per heavy atom. The summed E-state index contributed by atoms with van der Waals surface area (Å²) in [6, 6.07) is 16.5. The van der Waals surface area contributed by atoms with Crippen molar-refractivity contribution in [2.75, 3.05) is 20.1 Å². The number of aliphatic hydroxyl groups is 1. The van der Waals surface area contributed by atoms with Gasteiger partial charge in [-0.05, 0) is 122 Å². The fraction of sp³-hybridized carbons (Fsp3) is 0.478. The molecule has 0 amide bonds. The second-order valence-electron chi connectivity index (χ2n) is 18.3. The Morgan fingerprint density at radius 1 is 1.05 bits per heavy atom. The molecule has 0 spiro atoms. The van der Waals surface area contributed by atoms with Crippen molar-refractivity contribution in [1.82, 2.24) is 30.2 Å². The quantitative estimate of drug-likeness (QED) is 0.0549. The van der Waals surface area contributed by atoms with E-state index >= 15 is 0 Å². The van der Waals surface area contributed by atoms with E-state index in [1.54, 1.807) is 24.3 Å². The van der Waals surface area contributed by atoms with Crippen LogP contribution in [-0.2, 0) is 50.6 Å². The number of hydrogen-bond donors (Lipinski definition) is 4. The summed E-state index contributed by atoms with van der Waals surface area (Å²) in [6.45, 7) is 14.9. The van der Waals surface area contributed by atoms with Crippen LogP contribution in [-0.4, -0.2) is 81.7 Å². The number of ether oxygens (including phenoxy) is 2. The Kier molecular flexibility index (Phi) is 12.9. The first-order chi connectivity index (χ1) is 29.6. The zero-order chi connectivity index (χ0) is 43.8. The maximum Gasteiger partial charge on any atom is 0.349 e. The molecule has 6 aromatic rings. The topological polar surface area (TPSA) is 164 Å². The molecule has 1 fully saturated rings. The van der Waals surface area contributed by atoms with Crippen molar-refractivity contribution in [2.45, 2.75) is 121 Å². The van der Waals surface area contributed by atoms with Crippen molar-refractivity contribution in [3.63, 3.8) is 0 Å². The molecule has 2 aliphatic rings. The second-order valence-corrected chi connectivity index (χ2v) is 24.9. The van der Waals surface area contributed by atoms with Crippen LogP contribution in [0.25, 0.3) is 21.9 Å². The summed E-state index contributed by atoms with van der Waals surface area (Å²) in [6.07, 6.45) is 3.67. The van der Waals surface area contributed by atoms with Gasteiger partial charge >= 0.3 is 5.97 Å². The van der Waals surface area contributed by atoms with Gasteiger partial charge in [0.1, 0.15) is 17.4 Å². The molecule has 1 aliphatic carbocycles. The van der Waals surface area contributed by atoms with Crippen LogP contribution in [0.5, 0.6) is 5.75 Å². The Balaban J connectivity index is 0.886. The number of aromatic amines is 1. The number of pyridine rings is 1. The lowest BCUT2D eigenvalue weighted by molar-refractivity contribution is -0.169. The molecular formula is C46H58N6O7S2Si. The summed E-state index contributed by atoms with van der Waals surface area (Å²) >= 11 is 2.71. The van der Waals surface area contributed by atoms with Crippen LogP contribution in [0.3, 0.4) is 0 Å².